The maximum absolute atomic E-state index is 9.09. The second-order valence-electron chi connectivity index (χ2n) is 4.34. The zero-order valence-corrected chi connectivity index (χ0v) is 12.7. The van der Waals surface area contributed by atoms with E-state index in [2.05, 4.69) is 30.9 Å². The Kier molecular flexibility index (Phi) is 4.61. The van der Waals surface area contributed by atoms with Crippen LogP contribution in [-0.4, -0.2) is 25.6 Å². The first kappa shape index (κ1) is 14.7. The van der Waals surface area contributed by atoms with Gasteiger partial charge in [-0.25, -0.2) is 4.98 Å². The lowest BCUT2D eigenvalue weighted by molar-refractivity contribution is 0.881. The minimum absolute atomic E-state index is 0.252. The van der Waals surface area contributed by atoms with Crippen molar-refractivity contribution >= 4 is 23.0 Å². The maximum atomic E-state index is 9.09. The zero-order chi connectivity index (χ0) is 15.9. The molecule has 0 bridgehead atoms. The molecule has 2 aromatic heterocycles. The summed E-state index contributed by atoms with van der Waals surface area (Å²) in [4.78, 5) is 5.36. The fourth-order valence-electron chi connectivity index (χ4n) is 1.73. The van der Waals surface area contributed by atoms with Gasteiger partial charge in [-0.2, -0.15) is 10.5 Å². The summed E-state index contributed by atoms with van der Waals surface area (Å²) >= 11 is 1.58. The lowest BCUT2D eigenvalue weighted by atomic mass is 10.3. The predicted octanol–water partition coefficient (Wildman–Crippen LogP) is 2.72. The van der Waals surface area contributed by atoms with E-state index in [-0.39, 0.29) is 5.82 Å². The minimum Gasteiger partial charge on any atom is -0.360 e. The first-order chi connectivity index (χ1) is 11.3. The van der Waals surface area contributed by atoms with Crippen LogP contribution in [0.3, 0.4) is 0 Å². The lowest BCUT2D eigenvalue weighted by Gasteiger charge is -2.04. The standard InChI is InChI=1S/C15H11N7S/c16-9-11(15-19-21-22-20-15)10-18-12-4-6-13(7-5-12)23-14-3-1-2-8-17-14/h1-8,10,18H,(H,19,20,21,22). The van der Waals surface area contributed by atoms with Gasteiger partial charge in [0, 0.05) is 23.0 Å². The van der Waals surface area contributed by atoms with Gasteiger partial charge < -0.3 is 5.32 Å². The Hall–Kier alpha value is -3.18. The molecule has 0 aliphatic heterocycles. The number of benzene rings is 1. The molecule has 2 N–H and O–H groups in total. The number of aromatic amines is 1. The summed E-state index contributed by atoms with van der Waals surface area (Å²) in [6.07, 6.45) is 3.32. The van der Waals surface area contributed by atoms with E-state index in [0.29, 0.717) is 5.57 Å². The number of nitrogens with zero attached hydrogens (tertiary/aromatic N) is 5. The average molecular weight is 321 g/mol. The number of pyridine rings is 1. The van der Waals surface area contributed by atoms with Crippen molar-refractivity contribution in [3.63, 3.8) is 0 Å². The molecule has 112 valence electrons. The second kappa shape index (κ2) is 7.20. The number of rotatable bonds is 5. The van der Waals surface area contributed by atoms with Crippen LogP contribution in [-0.2, 0) is 0 Å². The first-order valence-corrected chi connectivity index (χ1v) is 7.46. The van der Waals surface area contributed by atoms with Gasteiger partial charge in [0.2, 0.25) is 5.82 Å². The Morgan fingerprint density at radius 2 is 2.09 bits per heavy atom. The zero-order valence-electron chi connectivity index (χ0n) is 11.8. The van der Waals surface area contributed by atoms with Gasteiger partial charge in [-0.15, -0.1) is 10.2 Å². The molecule has 0 spiro atoms. The van der Waals surface area contributed by atoms with Gasteiger partial charge in [-0.1, -0.05) is 17.8 Å². The third kappa shape index (κ3) is 3.93. The number of hydrogen-bond acceptors (Lipinski definition) is 7. The van der Waals surface area contributed by atoms with Crippen molar-refractivity contribution in [3.05, 3.63) is 60.7 Å². The van der Waals surface area contributed by atoms with E-state index in [1.54, 1.807) is 24.2 Å². The summed E-state index contributed by atoms with van der Waals surface area (Å²) in [7, 11) is 0. The van der Waals surface area contributed by atoms with Crippen LogP contribution in [0.15, 0.2) is 64.8 Å². The third-order valence-corrected chi connectivity index (χ3v) is 3.76. The van der Waals surface area contributed by atoms with Crippen LogP contribution in [0, 0.1) is 11.3 Å². The average Bonchev–Trinajstić information content (AvgIpc) is 3.12. The van der Waals surface area contributed by atoms with Crippen molar-refractivity contribution in [1.29, 1.82) is 5.26 Å². The molecule has 0 fully saturated rings. The quantitative estimate of drug-likeness (QED) is 0.696. The molecule has 0 unspecified atom stereocenters. The number of allylic oxidation sites excluding steroid dienone is 1. The topological polar surface area (TPSA) is 103 Å². The summed E-state index contributed by atoms with van der Waals surface area (Å²) in [5.74, 6) is 0.252. The van der Waals surface area contributed by atoms with Crippen molar-refractivity contribution in [1.82, 2.24) is 25.6 Å². The van der Waals surface area contributed by atoms with Crippen LogP contribution in [0.4, 0.5) is 5.69 Å². The Balaban J connectivity index is 1.67. The van der Waals surface area contributed by atoms with Crippen molar-refractivity contribution in [2.45, 2.75) is 9.92 Å². The molecule has 3 rings (SSSR count). The van der Waals surface area contributed by atoms with Gasteiger partial charge in [0.25, 0.3) is 0 Å². The van der Waals surface area contributed by atoms with Gasteiger partial charge in [-0.05, 0) is 41.6 Å². The normalized spacial score (nSPS) is 11.0. The minimum atomic E-state index is 0.252. The molecular formula is C15H11N7S. The number of tetrazole rings is 1. The van der Waals surface area contributed by atoms with E-state index in [1.165, 1.54) is 0 Å². The van der Waals surface area contributed by atoms with Crippen LogP contribution < -0.4 is 5.32 Å². The van der Waals surface area contributed by atoms with Crippen LogP contribution in [0.5, 0.6) is 0 Å². The largest absolute Gasteiger partial charge is 0.360 e. The number of nitrogens with one attached hydrogen (secondary N) is 2. The Bertz CT molecular complexity index is 821. The Morgan fingerprint density at radius 1 is 1.22 bits per heavy atom. The Labute approximate surface area is 136 Å². The molecule has 0 saturated heterocycles. The molecule has 23 heavy (non-hydrogen) atoms. The van der Waals surface area contributed by atoms with Gasteiger partial charge in [0.15, 0.2) is 0 Å². The van der Waals surface area contributed by atoms with Crippen LogP contribution in [0.1, 0.15) is 5.82 Å². The Morgan fingerprint density at radius 3 is 2.74 bits per heavy atom. The molecule has 1 aromatic carbocycles. The number of nitriles is 1. The summed E-state index contributed by atoms with van der Waals surface area (Å²) < 4.78 is 0. The van der Waals surface area contributed by atoms with Crippen LogP contribution in [0.25, 0.3) is 5.57 Å². The molecule has 0 radical (unpaired) electrons. The molecule has 2 heterocycles. The third-order valence-electron chi connectivity index (χ3n) is 2.80. The van der Waals surface area contributed by atoms with Crippen molar-refractivity contribution < 1.29 is 0 Å². The fraction of sp³-hybridized carbons (Fsp3) is 0. The summed E-state index contributed by atoms with van der Waals surface area (Å²) in [6, 6.07) is 15.6. The van der Waals surface area contributed by atoms with E-state index in [4.69, 9.17) is 5.26 Å². The van der Waals surface area contributed by atoms with E-state index in [0.717, 1.165) is 15.6 Å². The second-order valence-corrected chi connectivity index (χ2v) is 5.44. The smallest absolute Gasteiger partial charge is 0.216 e. The number of hydrogen-bond donors (Lipinski definition) is 2. The highest BCUT2D eigenvalue weighted by atomic mass is 32.2. The summed E-state index contributed by atoms with van der Waals surface area (Å²) in [5.41, 5.74) is 1.15. The molecular weight excluding hydrogens is 310 g/mol. The van der Waals surface area contributed by atoms with Gasteiger partial charge in [-0.3, -0.25) is 0 Å². The molecule has 0 aliphatic rings. The maximum Gasteiger partial charge on any atom is 0.216 e. The van der Waals surface area contributed by atoms with Crippen molar-refractivity contribution in [2.75, 3.05) is 5.32 Å². The molecule has 7 nitrogen and oxygen atoms in total. The van der Waals surface area contributed by atoms with Crippen LogP contribution >= 0.6 is 11.8 Å². The fourth-order valence-corrected chi connectivity index (χ4v) is 2.50. The number of aromatic nitrogens is 5. The molecule has 0 saturated carbocycles. The molecule has 0 atom stereocenters. The molecule has 8 heteroatoms. The van der Waals surface area contributed by atoms with Crippen LogP contribution in [0.2, 0.25) is 0 Å². The van der Waals surface area contributed by atoms with E-state index in [1.807, 2.05) is 48.5 Å². The van der Waals surface area contributed by atoms with E-state index in [9.17, 15) is 0 Å². The summed E-state index contributed by atoms with van der Waals surface area (Å²) in [6.45, 7) is 0. The van der Waals surface area contributed by atoms with Gasteiger partial charge in [0.1, 0.15) is 16.7 Å². The molecule has 3 aromatic rings. The highest BCUT2D eigenvalue weighted by molar-refractivity contribution is 7.99. The SMILES string of the molecule is N#CC(=CNc1ccc(Sc2ccccn2)cc1)c1nn[nH]n1. The summed E-state index contributed by atoms with van der Waals surface area (Å²) in [5, 5.41) is 26.4. The monoisotopic (exact) mass is 321 g/mol. The molecule has 0 aliphatic carbocycles. The van der Waals surface area contributed by atoms with E-state index < -0.39 is 0 Å². The first-order valence-electron chi connectivity index (χ1n) is 6.65. The molecule has 0 amide bonds. The number of H-pyrrole nitrogens is 1. The van der Waals surface area contributed by atoms with E-state index >= 15 is 0 Å². The van der Waals surface area contributed by atoms with Crippen molar-refractivity contribution in [3.8, 4) is 6.07 Å². The number of anilines is 1. The van der Waals surface area contributed by atoms with Crippen molar-refractivity contribution in [2.24, 2.45) is 0 Å². The predicted molar refractivity (Wildman–Crippen MR) is 86.2 cm³/mol. The van der Waals surface area contributed by atoms with Gasteiger partial charge in [0.05, 0.1) is 0 Å². The highest BCUT2D eigenvalue weighted by Gasteiger charge is 2.05. The van der Waals surface area contributed by atoms with Gasteiger partial charge >= 0.3 is 0 Å². The highest BCUT2D eigenvalue weighted by Crippen LogP contribution is 2.26. The lowest BCUT2D eigenvalue weighted by Crippen LogP contribution is -1.92.